The van der Waals surface area contributed by atoms with Crippen molar-refractivity contribution in [2.24, 2.45) is 5.92 Å². The summed E-state index contributed by atoms with van der Waals surface area (Å²) in [5.74, 6) is -0.682. The van der Waals surface area contributed by atoms with E-state index in [1.807, 2.05) is 20.8 Å². The lowest BCUT2D eigenvalue weighted by Gasteiger charge is -2.35. The first-order chi connectivity index (χ1) is 15.0. The quantitative estimate of drug-likeness (QED) is 0.613. The summed E-state index contributed by atoms with van der Waals surface area (Å²) < 4.78 is 16.5. The van der Waals surface area contributed by atoms with Crippen LogP contribution in [0.3, 0.4) is 0 Å². The third-order valence-electron chi connectivity index (χ3n) is 5.61. The first-order valence-corrected chi connectivity index (χ1v) is 11.0. The van der Waals surface area contributed by atoms with E-state index in [1.54, 1.807) is 43.0 Å². The molecule has 2 amide bonds. The fraction of sp³-hybridized carbons (Fsp3) is 0.625. The Balaban J connectivity index is 2.09. The number of benzene rings is 1. The van der Waals surface area contributed by atoms with E-state index in [-0.39, 0.29) is 17.7 Å². The van der Waals surface area contributed by atoms with Gasteiger partial charge in [-0.1, -0.05) is 19.1 Å². The summed E-state index contributed by atoms with van der Waals surface area (Å²) >= 11 is 0. The van der Waals surface area contributed by atoms with Crippen molar-refractivity contribution in [3.05, 3.63) is 29.8 Å². The van der Waals surface area contributed by atoms with Gasteiger partial charge in [0.2, 0.25) is 5.91 Å². The van der Waals surface area contributed by atoms with Crippen LogP contribution in [0.4, 0.5) is 4.79 Å². The van der Waals surface area contributed by atoms with Crippen LogP contribution in [-0.2, 0) is 14.3 Å². The van der Waals surface area contributed by atoms with Crippen molar-refractivity contribution in [2.45, 2.75) is 71.2 Å². The van der Waals surface area contributed by atoms with E-state index in [1.165, 1.54) is 14.2 Å². The molecular formula is C24H36N2O6. The van der Waals surface area contributed by atoms with Gasteiger partial charge in [0.05, 0.1) is 36.8 Å². The molecular weight excluding hydrogens is 412 g/mol. The first kappa shape index (κ1) is 25.6. The summed E-state index contributed by atoms with van der Waals surface area (Å²) in [6.07, 6.45) is 0.583. The van der Waals surface area contributed by atoms with Crippen LogP contribution in [0.25, 0.3) is 0 Å². The average Bonchev–Trinajstić information content (AvgIpc) is 3.22. The molecule has 4 atom stereocenters. The van der Waals surface area contributed by atoms with Gasteiger partial charge in [-0.25, -0.2) is 4.79 Å². The van der Waals surface area contributed by atoms with Crippen LogP contribution >= 0.6 is 0 Å². The molecule has 8 heteroatoms. The Hall–Kier alpha value is -2.61. The van der Waals surface area contributed by atoms with E-state index in [0.29, 0.717) is 24.3 Å². The van der Waals surface area contributed by atoms with Gasteiger partial charge in [0.25, 0.3) is 0 Å². The highest BCUT2D eigenvalue weighted by molar-refractivity contribution is 6.03. The minimum atomic E-state index is -0.746. The van der Waals surface area contributed by atoms with Crippen LogP contribution in [-0.4, -0.2) is 67.2 Å². The van der Waals surface area contributed by atoms with Gasteiger partial charge in [-0.05, 0) is 52.7 Å². The third kappa shape index (κ3) is 6.22. The van der Waals surface area contributed by atoms with E-state index in [9.17, 15) is 14.4 Å². The predicted molar refractivity (Wildman–Crippen MR) is 121 cm³/mol. The van der Waals surface area contributed by atoms with Crippen molar-refractivity contribution in [3.8, 4) is 5.75 Å². The molecule has 1 N–H and O–H groups in total. The molecule has 1 aromatic carbocycles. The number of nitrogens with zero attached hydrogens (tertiary/aromatic N) is 1. The van der Waals surface area contributed by atoms with Gasteiger partial charge in [0.15, 0.2) is 5.78 Å². The third-order valence-corrected chi connectivity index (χ3v) is 5.61. The van der Waals surface area contributed by atoms with Gasteiger partial charge in [-0.2, -0.15) is 0 Å². The highest BCUT2D eigenvalue weighted by Crippen LogP contribution is 2.28. The minimum Gasteiger partial charge on any atom is -0.496 e. The molecule has 178 valence electrons. The zero-order chi connectivity index (χ0) is 24.1. The number of ether oxygens (including phenoxy) is 3. The molecule has 1 aliphatic heterocycles. The number of Topliss-reactive ketones (excluding diaryl/α,β-unsaturated/α-hetero) is 1. The van der Waals surface area contributed by atoms with Crippen LogP contribution in [0.15, 0.2) is 24.3 Å². The molecule has 2 rings (SSSR count). The van der Waals surface area contributed by atoms with Gasteiger partial charge >= 0.3 is 6.09 Å². The largest absolute Gasteiger partial charge is 0.496 e. The zero-order valence-corrected chi connectivity index (χ0v) is 20.1. The second kappa shape index (κ2) is 10.8. The number of nitrogens with one attached hydrogen (secondary N) is 1. The van der Waals surface area contributed by atoms with Gasteiger partial charge in [0.1, 0.15) is 11.4 Å². The molecule has 1 aromatic rings. The predicted octanol–water partition coefficient (Wildman–Crippen LogP) is 3.43. The lowest BCUT2D eigenvalue weighted by atomic mass is 9.94. The fourth-order valence-corrected chi connectivity index (χ4v) is 4.02. The van der Waals surface area contributed by atoms with E-state index >= 15 is 0 Å². The summed E-state index contributed by atoms with van der Waals surface area (Å²) in [4.78, 5) is 40.2. The van der Waals surface area contributed by atoms with Crippen molar-refractivity contribution in [1.82, 2.24) is 10.2 Å². The maximum Gasteiger partial charge on any atom is 0.410 e. The Morgan fingerprint density at radius 2 is 1.78 bits per heavy atom. The topological polar surface area (TPSA) is 94.2 Å². The van der Waals surface area contributed by atoms with Crippen LogP contribution in [0, 0.1) is 5.92 Å². The van der Waals surface area contributed by atoms with Gasteiger partial charge in [-0.3, -0.25) is 9.59 Å². The van der Waals surface area contributed by atoms with Gasteiger partial charge < -0.3 is 24.4 Å². The van der Waals surface area contributed by atoms with Crippen LogP contribution < -0.4 is 10.1 Å². The number of para-hydroxylation sites is 1. The Bertz CT molecular complexity index is 819. The summed E-state index contributed by atoms with van der Waals surface area (Å²) in [5.41, 5.74) is -0.199. The Morgan fingerprint density at radius 1 is 1.12 bits per heavy atom. The van der Waals surface area contributed by atoms with Crippen molar-refractivity contribution >= 4 is 17.8 Å². The number of methoxy groups -OCH3 is 2. The molecule has 0 spiro atoms. The van der Waals surface area contributed by atoms with Crippen LogP contribution in [0.2, 0.25) is 0 Å². The van der Waals surface area contributed by atoms with Crippen molar-refractivity contribution < 1.29 is 28.6 Å². The number of carbonyl (C=O) groups excluding carboxylic acids is 3. The van der Waals surface area contributed by atoms with Crippen molar-refractivity contribution in [1.29, 1.82) is 0 Å². The lowest BCUT2D eigenvalue weighted by molar-refractivity contribution is -0.131. The molecule has 0 aliphatic carbocycles. The van der Waals surface area contributed by atoms with Gasteiger partial charge in [0, 0.05) is 13.7 Å². The van der Waals surface area contributed by atoms with Crippen molar-refractivity contribution in [2.75, 3.05) is 20.8 Å². The molecule has 0 saturated carbocycles. The fourth-order valence-electron chi connectivity index (χ4n) is 4.02. The number of hydrogen-bond acceptors (Lipinski definition) is 6. The van der Waals surface area contributed by atoms with Crippen molar-refractivity contribution in [3.63, 3.8) is 0 Å². The molecule has 1 aliphatic rings. The normalized spacial score (nSPS) is 19.1. The Labute approximate surface area is 190 Å². The Morgan fingerprint density at radius 3 is 2.38 bits per heavy atom. The molecule has 1 heterocycles. The molecule has 1 fully saturated rings. The maximum absolute atomic E-state index is 13.0. The molecule has 0 radical (unpaired) electrons. The SMILES string of the molecule is COc1ccccc1C(=O)C(C)NC(=O)C(C)C(OC)C1CCCN1C(=O)OC(C)(C)C. The highest BCUT2D eigenvalue weighted by Gasteiger charge is 2.41. The lowest BCUT2D eigenvalue weighted by Crippen LogP contribution is -2.52. The molecule has 4 unspecified atom stereocenters. The zero-order valence-electron chi connectivity index (χ0n) is 20.1. The van der Waals surface area contributed by atoms with E-state index in [2.05, 4.69) is 5.32 Å². The average molecular weight is 449 g/mol. The number of carbonyl (C=O) groups is 3. The summed E-state index contributed by atoms with van der Waals surface area (Å²) in [6.45, 7) is 9.40. The Kier molecular flexibility index (Phi) is 8.66. The number of likely N-dealkylation sites (tertiary alicyclic amines) is 1. The summed E-state index contributed by atoms with van der Waals surface area (Å²) in [6, 6.07) is 5.88. The monoisotopic (exact) mass is 448 g/mol. The minimum absolute atomic E-state index is 0.242. The number of ketones is 1. The van der Waals surface area contributed by atoms with E-state index in [0.717, 1.165) is 6.42 Å². The molecule has 8 nitrogen and oxygen atoms in total. The van der Waals surface area contributed by atoms with Crippen LogP contribution in [0.5, 0.6) is 5.75 Å². The second-order valence-electron chi connectivity index (χ2n) is 9.17. The first-order valence-electron chi connectivity index (χ1n) is 11.0. The number of hydrogen-bond donors (Lipinski definition) is 1. The van der Waals surface area contributed by atoms with Gasteiger partial charge in [-0.15, -0.1) is 0 Å². The summed E-state index contributed by atoms with van der Waals surface area (Å²) in [7, 11) is 3.03. The smallest absolute Gasteiger partial charge is 0.410 e. The number of amides is 2. The van der Waals surface area contributed by atoms with E-state index < -0.39 is 29.8 Å². The second-order valence-corrected chi connectivity index (χ2v) is 9.17. The maximum atomic E-state index is 13.0. The highest BCUT2D eigenvalue weighted by atomic mass is 16.6. The standard InChI is InChI=1S/C24H36N2O6/c1-15(21(31-7)18-12-10-14-26(18)23(29)32-24(3,4)5)22(28)25-16(2)20(27)17-11-8-9-13-19(17)30-6/h8-9,11,13,15-16,18,21H,10,12,14H2,1-7H3,(H,25,28). The van der Waals surface area contributed by atoms with Crippen LogP contribution in [0.1, 0.15) is 57.8 Å². The summed E-state index contributed by atoms with van der Waals surface area (Å²) in [5, 5.41) is 2.79. The van der Waals surface area contributed by atoms with E-state index in [4.69, 9.17) is 14.2 Å². The molecule has 0 bridgehead atoms. The number of rotatable bonds is 8. The molecule has 0 aromatic heterocycles. The molecule has 1 saturated heterocycles. The molecule has 32 heavy (non-hydrogen) atoms.